The molecule has 0 saturated heterocycles. The summed E-state index contributed by atoms with van der Waals surface area (Å²) in [6.07, 6.45) is 3.01. The van der Waals surface area contributed by atoms with E-state index < -0.39 is 0 Å². The van der Waals surface area contributed by atoms with Crippen LogP contribution in [0.15, 0.2) is 6.07 Å². The average Bonchev–Trinajstić information content (AvgIpc) is 3.22. The SMILES string of the molecule is CCCOCCN1CCn2nc([C@@H](O)C3CC3)cc2C1. The first-order chi connectivity index (χ1) is 9.78. The minimum absolute atomic E-state index is 0.352. The van der Waals surface area contributed by atoms with E-state index in [4.69, 9.17) is 4.74 Å². The zero-order valence-electron chi connectivity index (χ0n) is 12.3. The van der Waals surface area contributed by atoms with Crippen LogP contribution in [0.25, 0.3) is 0 Å². The van der Waals surface area contributed by atoms with Crippen molar-refractivity contribution in [3.8, 4) is 0 Å². The molecule has 20 heavy (non-hydrogen) atoms. The van der Waals surface area contributed by atoms with E-state index in [0.29, 0.717) is 5.92 Å². The van der Waals surface area contributed by atoms with Crippen molar-refractivity contribution in [2.75, 3.05) is 26.3 Å². The van der Waals surface area contributed by atoms with E-state index in [1.54, 1.807) is 0 Å². The van der Waals surface area contributed by atoms with Crippen LogP contribution in [0.5, 0.6) is 0 Å². The summed E-state index contributed by atoms with van der Waals surface area (Å²) < 4.78 is 7.61. The lowest BCUT2D eigenvalue weighted by molar-refractivity contribution is 0.0929. The van der Waals surface area contributed by atoms with Gasteiger partial charge in [0, 0.05) is 26.2 Å². The molecule has 2 heterocycles. The van der Waals surface area contributed by atoms with E-state index in [0.717, 1.165) is 64.3 Å². The van der Waals surface area contributed by atoms with Gasteiger partial charge in [0.05, 0.1) is 24.5 Å². The van der Waals surface area contributed by atoms with Gasteiger partial charge in [-0.1, -0.05) is 6.92 Å². The largest absolute Gasteiger partial charge is 0.386 e. The van der Waals surface area contributed by atoms with Gasteiger partial charge >= 0.3 is 0 Å². The number of aliphatic hydroxyl groups is 1. The van der Waals surface area contributed by atoms with Crippen molar-refractivity contribution in [3.05, 3.63) is 17.5 Å². The molecule has 1 atom stereocenters. The molecule has 0 unspecified atom stereocenters. The van der Waals surface area contributed by atoms with E-state index >= 15 is 0 Å². The highest BCUT2D eigenvalue weighted by atomic mass is 16.5. The van der Waals surface area contributed by atoms with E-state index in [9.17, 15) is 5.11 Å². The summed E-state index contributed by atoms with van der Waals surface area (Å²) in [4.78, 5) is 2.40. The van der Waals surface area contributed by atoms with Gasteiger partial charge in [0.25, 0.3) is 0 Å². The third-order valence-electron chi connectivity index (χ3n) is 4.17. The highest BCUT2D eigenvalue weighted by molar-refractivity contribution is 5.16. The number of ether oxygens (including phenoxy) is 1. The summed E-state index contributed by atoms with van der Waals surface area (Å²) in [5.74, 6) is 0.450. The maximum Gasteiger partial charge on any atom is 0.101 e. The van der Waals surface area contributed by atoms with Crippen LogP contribution in [0.3, 0.4) is 0 Å². The summed E-state index contributed by atoms with van der Waals surface area (Å²) in [6, 6.07) is 2.09. The lowest BCUT2D eigenvalue weighted by Crippen LogP contribution is -2.36. The first-order valence-corrected chi connectivity index (χ1v) is 7.82. The van der Waals surface area contributed by atoms with E-state index in [-0.39, 0.29) is 6.10 Å². The Morgan fingerprint density at radius 1 is 1.40 bits per heavy atom. The molecule has 2 aliphatic rings. The molecule has 5 heteroatoms. The van der Waals surface area contributed by atoms with Gasteiger partial charge in [-0.15, -0.1) is 0 Å². The molecule has 1 saturated carbocycles. The molecule has 1 aromatic rings. The lowest BCUT2D eigenvalue weighted by atomic mass is 10.1. The zero-order valence-corrected chi connectivity index (χ0v) is 12.3. The maximum absolute atomic E-state index is 10.2. The number of rotatable bonds is 7. The van der Waals surface area contributed by atoms with Crippen molar-refractivity contribution in [2.45, 2.75) is 45.4 Å². The molecule has 1 aliphatic heterocycles. The van der Waals surface area contributed by atoms with Gasteiger partial charge in [-0.25, -0.2) is 0 Å². The Labute approximate surface area is 120 Å². The highest BCUT2D eigenvalue weighted by Gasteiger charge is 2.33. The molecule has 1 fully saturated rings. The third kappa shape index (κ3) is 3.22. The van der Waals surface area contributed by atoms with E-state index in [1.165, 1.54) is 5.69 Å². The summed E-state index contributed by atoms with van der Waals surface area (Å²) in [6.45, 7) is 7.62. The van der Waals surface area contributed by atoms with Gasteiger partial charge in [0.1, 0.15) is 6.10 Å². The second-order valence-corrected chi connectivity index (χ2v) is 5.95. The van der Waals surface area contributed by atoms with Crippen LogP contribution >= 0.6 is 0 Å². The molecular weight excluding hydrogens is 254 g/mol. The number of hydrogen-bond acceptors (Lipinski definition) is 4. The number of fused-ring (bicyclic) bond motifs is 1. The molecule has 3 rings (SSSR count). The predicted octanol–water partition coefficient (Wildman–Crippen LogP) is 1.57. The van der Waals surface area contributed by atoms with Crippen molar-refractivity contribution in [3.63, 3.8) is 0 Å². The van der Waals surface area contributed by atoms with Crippen LogP contribution in [-0.4, -0.2) is 46.1 Å². The Morgan fingerprint density at radius 3 is 3.00 bits per heavy atom. The highest BCUT2D eigenvalue weighted by Crippen LogP contribution is 2.40. The second kappa shape index (κ2) is 6.24. The number of nitrogens with zero attached hydrogens (tertiary/aromatic N) is 3. The van der Waals surface area contributed by atoms with E-state index in [1.807, 2.05) is 0 Å². The summed E-state index contributed by atoms with van der Waals surface area (Å²) in [5, 5.41) is 14.7. The molecule has 0 bridgehead atoms. The minimum Gasteiger partial charge on any atom is -0.386 e. The molecule has 5 nitrogen and oxygen atoms in total. The number of aliphatic hydroxyl groups excluding tert-OH is 1. The Hall–Kier alpha value is -0.910. The van der Waals surface area contributed by atoms with Gasteiger partial charge in [-0.05, 0) is 31.2 Å². The van der Waals surface area contributed by atoms with Crippen LogP contribution in [-0.2, 0) is 17.8 Å². The van der Waals surface area contributed by atoms with Crippen LogP contribution < -0.4 is 0 Å². The van der Waals surface area contributed by atoms with Crippen molar-refractivity contribution in [1.29, 1.82) is 0 Å². The summed E-state index contributed by atoms with van der Waals surface area (Å²) >= 11 is 0. The molecule has 1 N–H and O–H groups in total. The fourth-order valence-corrected chi connectivity index (χ4v) is 2.77. The molecule has 0 radical (unpaired) electrons. The average molecular weight is 279 g/mol. The fraction of sp³-hybridized carbons (Fsp3) is 0.800. The molecule has 0 aromatic carbocycles. The van der Waals surface area contributed by atoms with Gasteiger partial charge in [0.15, 0.2) is 0 Å². The molecule has 0 spiro atoms. The van der Waals surface area contributed by atoms with Gasteiger partial charge in [0.2, 0.25) is 0 Å². The fourth-order valence-electron chi connectivity index (χ4n) is 2.77. The van der Waals surface area contributed by atoms with Crippen LogP contribution in [0.2, 0.25) is 0 Å². The van der Waals surface area contributed by atoms with Crippen LogP contribution in [0.4, 0.5) is 0 Å². The topological polar surface area (TPSA) is 50.5 Å². The maximum atomic E-state index is 10.2. The minimum atomic E-state index is -0.352. The Bertz CT molecular complexity index is 442. The monoisotopic (exact) mass is 279 g/mol. The van der Waals surface area contributed by atoms with Crippen molar-refractivity contribution in [1.82, 2.24) is 14.7 Å². The first-order valence-electron chi connectivity index (χ1n) is 7.82. The Morgan fingerprint density at radius 2 is 2.25 bits per heavy atom. The first kappa shape index (κ1) is 14.0. The van der Waals surface area contributed by atoms with Crippen molar-refractivity contribution in [2.24, 2.45) is 5.92 Å². The predicted molar refractivity (Wildman–Crippen MR) is 76.3 cm³/mol. The Balaban J connectivity index is 1.54. The standard InChI is InChI=1S/C15H25N3O2/c1-2-8-20-9-7-17-5-6-18-13(11-17)10-14(16-18)15(19)12-3-4-12/h10,12,15,19H,2-9,11H2,1H3/t15-/m0/s1. The van der Waals surface area contributed by atoms with Crippen LogP contribution in [0, 0.1) is 5.92 Å². The third-order valence-corrected chi connectivity index (χ3v) is 4.17. The van der Waals surface area contributed by atoms with Crippen molar-refractivity contribution < 1.29 is 9.84 Å². The normalized spacial score (nSPS) is 20.9. The summed E-state index contributed by atoms with van der Waals surface area (Å²) in [5.41, 5.74) is 2.09. The molecule has 112 valence electrons. The second-order valence-electron chi connectivity index (χ2n) is 5.95. The van der Waals surface area contributed by atoms with Crippen molar-refractivity contribution >= 4 is 0 Å². The lowest BCUT2D eigenvalue weighted by Gasteiger charge is -2.27. The van der Waals surface area contributed by atoms with E-state index in [2.05, 4.69) is 27.7 Å². The van der Waals surface area contributed by atoms with Gasteiger partial charge < -0.3 is 9.84 Å². The molecule has 1 aromatic heterocycles. The van der Waals surface area contributed by atoms with Gasteiger partial charge in [-0.2, -0.15) is 5.10 Å². The number of aromatic nitrogens is 2. The summed E-state index contributed by atoms with van der Waals surface area (Å²) in [7, 11) is 0. The molecular formula is C15H25N3O2. The quantitative estimate of drug-likeness (QED) is 0.770. The number of hydrogen-bond donors (Lipinski definition) is 1. The Kier molecular flexibility index (Phi) is 4.38. The smallest absolute Gasteiger partial charge is 0.101 e. The molecule has 0 amide bonds. The molecule has 1 aliphatic carbocycles. The van der Waals surface area contributed by atoms with Crippen LogP contribution in [0.1, 0.15) is 43.7 Å². The van der Waals surface area contributed by atoms with Gasteiger partial charge in [-0.3, -0.25) is 9.58 Å². The zero-order chi connectivity index (χ0) is 13.9.